The molecule has 0 unspecified atom stereocenters. The quantitative estimate of drug-likeness (QED) is 0.107. The topological polar surface area (TPSA) is 9.86 Å². The van der Waals surface area contributed by atoms with Crippen LogP contribution in [0.1, 0.15) is 0 Å². The molecule has 0 aliphatic heterocycles. The van der Waals surface area contributed by atoms with E-state index in [-0.39, 0.29) is 0 Å². The smallest absolute Gasteiger partial charge is 0.181 e. The van der Waals surface area contributed by atoms with Gasteiger partial charge in [-0.3, -0.25) is 0 Å². The second-order valence-corrected chi connectivity index (χ2v) is 20.2. The largest absolute Gasteiger partial charge is 0.309 e. The summed E-state index contributed by atoms with van der Waals surface area (Å²) < 4.78 is 5.05. The maximum Gasteiger partial charge on any atom is 0.181 e. The van der Waals surface area contributed by atoms with E-state index in [9.17, 15) is 0 Å². The highest BCUT2D eigenvalue weighted by molar-refractivity contribution is 7.20. The van der Waals surface area contributed by atoms with Crippen LogP contribution in [0.15, 0.2) is 255 Å². The molecular formula is C60H42N2Si. The molecule has 0 aliphatic rings. The van der Waals surface area contributed by atoms with E-state index in [0.29, 0.717) is 0 Å². The van der Waals surface area contributed by atoms with Crippen LogP contribution in [0.4, 0.5) is 0 Å². The summed E-state index contributed by atoms with van der Waals surface area (Å²) >= 11 is 0. The van der Waals surface area contributed by atoms with Gasteiger partial charge >= 0.3 is 0 Å². The molecule has 0 N–H and O–H groups in total. The Balaban J connectivity index is 1.21. The lowest BCUT2D eigenvalue weighted by atomic mass is 9.99. The Morgan fingerprint density at radius 3 is 1.46 bits per heavy atom. The van der Waals surface area contributed by atoms with Crippen LogP contribution in [0.5, 0.6) is 0 Å². The number of hydrogen-bond acceptors (Lipinski definition) is 0. The lowest BCUT2D eigenvalue weighted by Crippen LogP contribution is -2.75. The first kappa shape index (κ1) is 36.8. The number of aromatic nitrogens is 2. The molecule has 0 saturated carbocycles. The number of hydrogen-bond donors (Lipinski definition) is 0. The van der Waals surface area contributed by atoms with Crippen LogP contribution in [0.25, 0.3) is 77.2 Å². The second-order valence-electron chi connectivity index (χ2n) is 16.4. The molecular weight excluding hydrogens is 777 g/mol. The molecule has 10 aromatic carbocycles. The predicted molar refractivity (Wildman–Crippen MR) is 270 cm³/mol. The van der Waals surface area contributed by atoms with E-state index in [1.54, 1.807) is 0 Å². The first-order valence-corrected chi connectivity index (χ1v) is 23.8. The van der Waals surface area contributed by atoms with Crippen LogP contribution in [0.3, 0.4) is 0 Å². The van der Waals surface area contributed by atoms with Gasteiger partial charge in [-0.15, -0.1) is 0 Å². The third-order valence-electron chi connectivity index (χ3n) is 13.0. The standard InChI is InChI=1S/C60H42N2Si/c1-6-21-43(22-7-1)45-25-18-26-46(41-45)61-56-37-19-34-51(44-23-8-2-9-24-44)59(56)54-40-39-47(42-57(54)61)62-55-36-17-16-33-52(55)53-35-20-38-58(60(53)62)63(48-27-10-3-11-28-48,49-29-12-4-13-30-49)50-31-14-5-15-32-50/h1-42H. The number of rotatable bonds is 8. The Morgan fingerprint density at radius 1 is 0.286 bits per heavy atom. The molecule has 0 radical (unpaired) electrons. The molecule has 2 heterocycles. The van der Waals surface area contributed by atoms with Gasteiger partial charge in [0, 0.05) is 32.9 Å². The molecule has 0 fully saturated rings. The third-order valence-corrected chi connectivity index (χ3v) is 17.9. The molecule has 12 aromatic rings. The zero-order chi connectivity index (χ0) is 41.7. The van der Waals surface area contributed by atoms with Crippen molar-refractivity contribution >= 4 is 72.4 Å². The van der Waals surface area contributed by atoms with Crippen molar-refractivity contribution in [3.05, 3.63) is 255 Å². The molecule has 0 aliphatic carbocycles. The zero-order valence-electron chi connectivity index (χ0n) is 34.6. The average Bonchev–Trinajstić information content (AvgIpc) is 3.89. The fraction of sp³-hybridized carbons (Fsp3) is 0. The van der Waals surface area contributed by atoms with E-state index in [1.807, 2.05) is 0 Å². The van der Waals surface area contributed by atoms with Crippen molar-refractivity contribution in [3.63, 3.8) is 0 Å². The average molecular weight is 819 g/mol. The molecule has 0 saturated heterocycles. The summed E-state index contributed by atoms with van der Waals surface area (Å²) in [6.07, 6.45) is 0. The summed E-state index contributed by atoms with van der Waals surface area (Å²) in [5.41, 5.74) is 11.9. The SMILES string of the molecule is c1ccc(-c2cccc(-n3c4cc(-n5c6ccccc6c6cccc([Si](c7ccccc7)(c7ccccc7)c7ccccc7)c65)ccc4c4c(-c5ccccc5)cccc43)c2)cc1. The van der Waals surface area contributed by atoms with E-state index in [1.165, 1.54) is 81.1 Å². The van der Waals surface area contributed by atoms with Gasteiger partial charge in [0.1, 0.15) is 0 Å². The van der Waals surface area contributed by atoms with E-state index in [2.05, 4.69) is 264 Å². The van der Waals surface area contributed by atoms with Crippen molar-refractivity contribution in [2.24, 2.45) is 0 Å². The first-order chi connectivity index (χ1) is 31.3. The molecule has 296 valence electrons. The lowest BCUT2D eigenvalue weighted by Gasteiger charge is -2.35. The Morgan fingerprint density at radius 2 is 0.794 bits per heavy atom. The number of benzene rings is 10. The molecule has 2 aromatic heterocycles. The number of para-hydroxylation sites is 2. The predicted octanol–water partition coefficient (Wildman–Crippen LogP) is 12.6. The van der Waals surface area contributed by atoms with Crippen molar-refractivity contribution in [1.82, 2.24) is 9.13 Å². The van der Waals surface area contributed by atoms with Crippen molar-refractivity contribution in [2.75, 3.05) is 0 Å². The fourth-order valence-electron chi connectivity index (χ4n) is 10.4. The molecule has 0 atom stereocenters. The van der Waals surface area contributed by atoms with Gasteiger partial charge < -0.3 is 9.13 Å². The second kappa shape index (κ2) is 15.2. The van der Waals surface area contributed by atoms with Crippen LogP contribution in [0.2, 0.25) is 0 Å². The monoisotopic (exact) mass is 818 g/mol. The van der Waals surface area contributed by atoms with Crippen LogP contribution in [0, 0.1) is 0 Å². The highest BCUT2D eigenvalue weighted by Crippen LogP contribution is 2.41. The molecule has 3 heteroatoms. The van der Waals surface area contributed by atoms with Gasteiger partial charge in [-0.25, -0.2) is 0 Å². The van der Waals surface area contributed by atoms with Crippen molar-refractivity contribution < 1.29 is 0 Å². The Labute approximate surface area is 368 Å². The van der Waals surface area contributed by atoms with Crippen molar-refractivity contribution in [3.8, 4) is 33.6 Å². The Bertz CT molecular complexity index is 3500. The third kappa shape index (κ3) is 5.85. The molecule has 63 heavy (non-hydrogen) atoms. The van der Waals surface area contributed by atoms with Gasteiger partial charge in [-0.2, -0.15) is 0 Å². The van der Waals surface area contributed by atoms with Crippen LogP contribution in [-0.2, 0) is 0 Å². The van der Waals surface area contributed by atoms with E-state index in [4.69, 9.17) is 0 Å². The van der Waals surface area contributed by atoms with Crippen LogP contribution >= 0.6 is 0 Å². The maximum atomic E-state index is 2.57. The minimum Gasteiger partial charge on any atom is -0.309 e. The first-order valence-electron chi connectivity index (χ1n) is 21.8. The summed E-state index contributed by atoms with van der Waals surface area (Å²) in [6, 6.07) is 94.3. The van der Waals surface area contributed by atoms with Crippen LogP contribution in [-0.4, -0.2) is 17.2 Å². The maximum absolute atomic E-state index is 2.94. The van der Waals surface area contributed by atoms with Gasteiger partial charge in [0.15, 0.2) is 8.07 Å². The molecule has 0 amide bonds. The normalized spacial score (nSPS) is 11.8. The summed E-state index contributed by atoms with van der Waals surface area (Å²) in [7, 11) is -2.94. The van der Waals surface area contributed by atoms with Gasteiger partial charge in [-0.05, 0) is 79.4 Å². The highest BCUT2D eigenvalue weighted by Gasteiger charge is 2.43. The highest BCUT2D eigenvalue weighted by atomic mass is 28.3. The van der Waals surface area contributed by atoms with Crippen molar-refractivity contribution in [1.29, 1.82) is 0 Å². The molecule has 0 spiro atoms. The number of nitrogens with zero attached hydrogens (tertiary/aromatic N) is 2. The summed E-state index contributed by atoms with van der Waals surface area (Å²) in [6.45, 7) is 0. The summed E-state index contributed by atoms with van der Waals surface area (Å²) in [5, 5.41) is 10.4. The Hall–Kier alpha value is -7.98. The van der Waals surface area contributed by atoms with E-state index < -0.39 is 8.07 Å². The Kier molecular flexibility index (Phi) is 8.87. The van der Waals surface area contributed by atoms with Crippen LogP contribution < -0.4 is 20.7 Å². The van der Waals surface area contributed by atoms with Gasteiger partial charge in [0.2, 0.25) is 0 Å². The molecule has 0 bridgehead atoms. The molecule has 2 nitrogen and oxygen atoms in total. The number of fused-ring (bicyclic) bond motifs is 6. The van der Waals surface area contributed by atoms with Gasteiger partial charge in [0.25, 0.3) is 0 Å². The van der Waals surface area contributed by atoms with Gasteiger partial charge in [0.05, 0.1) is 22.1 Å². The zero-order valence-corrected chi connectivity index (χ0v) is 35.6. The van der Waals surface area contributed by atoms with E-state index in [0.717, 1.165) is 16.9 Å². The van der Waals surface area contributed by atoms with E-state index >= 15 is 0 Å². The fourth-order valence-corrected chi connectivity index (χ4v) is 15.4. The lowest BCUT2D eigenvalue weighted by molar-refractivity contribution is 1.16. The van der Waals surface area contributed by atoms with Gasteiger partial charge in [-0.1, -0.05) is 218 Å². The van der Waals surface area contributed by atoms with Crippen molar-refractivity contribution in [2.45, 2.75) is 0 Å². The summed E-state index contributed by atoms with van der Waals surface area (Å²) in [5.74, 6) is 0. The minimum atomic E-state index is -2.94. The minimum absolute atomic E-state index is 1.13. The summed E-state index contributed by atoms with van der Waals surface area (Å²) in [4.78, 5) is 0. The molecule has 12 rings (SSSR count).